The van der Waals surface area contributed by atoms with E-state index in [2.05, 4.69) is 4.98 Å². The Bertz CT molecular complexity index is 471. The van der Waals surface area contributed by atoms with E-state index in [1.165, 1.54) is 12.4 Å². The van der Waals surface area contributed by atoms with Crippen LogP contribution in [0.2, 0.25) is 0 Å². The molecule has 0 spiro atoms. The summed E-state index contributed by atoms with van der Waals surface area (Å²) in [6.07, 6.45) is 3.02. The summed E-state index contributed by atoms with van der Waals surface area (Å²) in [5, 5.41) is 10.3. The summed E-state index contributed by atoms with van der Waals surface area (Å²) in [5.74, 6) is -0.466. The van der Waals surface area contributed by atoms with Gasteiger partial charge in [-0.15, -0.1) is 0 Å². The molecule has 80 valence electrons. The second-order valence-corrected chi connectivity index (χ2v) is 3.19. The lowest BCUT2D eigenvalue weighted by molar-refractivity contribution is 0.0854. The molecule has 0 bridgehead atoms. The summed E-state index contributed by atoms with van der Waals surface area (Å²) >= 11 is 0. The fourth-order valence-electron chi connectivity index (χ4n) is 1.31. The molecule has 0 aliphatic carbocycles. The van der Waals surface area contributed by atoms with Gasteiger partial charge in [0, 0.05) is 18.0 Å². The number of rotatable bonds is 2. The molecule has 0 radical (unpaired) electrons. The van der Waals surface area contributed by atoms with E-state index in [-0.39, 0.29) is 0 Å². The number of amides is 1. The number of carbonyl (C=O) groups excluding carboxylic acids is 1. The largest absolute Gasteiger partial charge is 0.281 e. The first kappa shape index (κ1) is 10.3. The van der Waals surface area contributed by atoms with Crippen LogP contribution in [-0.2, 0) is 0 Å². The number of hydroxylamine groups is 1. The summed E-state index contributed by atoms with van der Waals surface area (Å²) in [7, 11) is 0. The van der Waals surface area contributed by atoms with Crippen molar-refractivity contribution in [1.82, 2.24) is 4.98 Å². The molecular weight excluding hydrogens is 204 g/mol. The molecule has 0 aliphatic heterocycles. The monoisotopic (exact) mass is 214 g/mol. The third kappa shape index (κ3) is 2.07. The normalized spacial score (nSPS) is 9.81. The molecule has 0 unspecified atom stereocenters. The van der Waals surface area contributed by atoms with Gasteiger partial charge in [-0.25, -0.2) is 0 Å². The van der Waals surface area contributed by atoms with E-state index >= 15 is 0 Å². The van der Waals surface area contributed by atoms with Crippen molar-refractivity contribution < 1.29 is 10.0 Å². The van der Waals surface area contributed by atoms with Gasteiger partial charge < -0.3 is 0 Å². The maximum Gasteiger partial charge on any atom is 0.281 e. The summed E-state index contributed by atoms with van der Waals surface area (Å²) in [4.78, 5) is 15.6. The first-order valence-electron chi connectivity index (χ1n) is 4.77. The van der Waals surface area contributed by atoms with Gasteiger partial charge in [0.15, 0.2) is 0 Å². The standard InChI is InChI=1S/C12H10N2O2/c15-12(10-4-2-1-3-5-10)14(16)11-6-8-13-9-7-11/h1-9,16H. The van der Waals surface area contributed by atoms with E-state index in [1.807, 2.05) is 6.07 Å². The van der Waals surface area contributed by atoms with Crippen LogP contribution in [0, 0.1) is 0 Å². The molecule has 0 saturated carbocycles. The molecule has 0 aliphatic rings. The van der Waals surface area contributed by atoms with Crippen molar-refractivity contribution in [3.63, 3.8) is 0 Å². The Morgan fingerprint density at radius 1 is 1.06 bits per heavy atom. The lowest BCUT2D eigenvalue weighted by Crippen LogP contribution is -2.26. The van der Waals surface area contributed by atoms with Gasteiger partial charge in [-0.2, -0.15) is 5.06 Å². The lowest BCUT2D eigenvalue weighted by Gasteiger charge is -2.14. The second kappa shape index (κ2) is 4.55. The Morgan fingerprint density at radius 3 is 2.31 bits per heavy atom. The number of aromatic nitrogens is 1. The average Bonchev–Trinajstić information content (AvgIpc) is 2.39. The number of hydrogen-bond donors (Lipinski definition) is 1. The fourth-order valence-corrected chi connectivity index (χ4v) is 1.31. The smallest absolute Gasteiger partial charge is 0.281 e. The first-order valence-corrected chi connectivity index (χ1v) is 4.77. The lowest BCUT2D eigenvalue weighted by atomic mass is 10.2. The van der Waals surface area contributed by atoms with Gasteiger partial charge in [0.05, 0.1) is 5.69 Å². The van der Waals surface area contributed by atoms with Crippen molar-refractivity contribution in [2.45, 2.75) is 0 Å². The van der Waals surface area contributed by atoms with Crippen LogP contribution in [0.5, 0.6) is 0 Å². The average molecular weight is 214 g/mol. The molecule has 1 heterocycles. The van der Waals surface area contributed by atoms with Crippen LogP contribution in [0.25, 0.3) is 0 Å². The Kier molecular flexibility index (Phi) is 2.93. The van der Waals surface area contributed by atoms with Crippen molar-refractivity contribution in [2.24, 2.45) is 0 Å². The Labute approximate surface area is 92.7 Å². The van der Waals surface area contributed by atoms with Crippen LogP contribution >= 0.6 is 0 Å². The van der Waals surface area contributed by atoms with Crippen molar-refractivity contribution in [2.75, 3.05) is 5.06 Å². The van der Waals surface area contributed by atoms with Gasteiger partial charge >= 0.3 is 0 Å². The van der Waals surface area contributed by atoms with Crippen molar-refractivity contribution >= 4 is 11.6 Å². The number of pyridine rings is 1. The van der Waals surface area contributed by atoms with Crippen LogP contribution in [0.15, 0.2) is 54.9 Å². The van der Waals surface area contributed by atoms with Crippen molar-refractivity contribution in [1.29, 1.82) is 0 Å². The maximum absolute atomic E-state index is 11.8. The zero-order chi connectivity index (χ0) is 11.4. The molecular formula is C12H10N2O2. The summed E-state index contributed by atoms with van der Waals surface area (Å²) in [6, 6.07) is 11.7. The molecule has 1 aromatic heterocycles. The van der Waals surface area contributed by atoms with Crippen molar-refractivity contribution in [3.8, 4) is 0 Å². The Morgan fingerprint density at radius 2 is 1.69 bits per heavy atom. The number of nitrogens with zero attached hydrogens (tertiary/aromatic N) is 2. The number of anilines is 1. The topological polar surface area (TPSA) is 53.4 Å². The highest BCUT2D eigenvalue weighted by Crippen LogP contribution is 2.13. The predicted molar refractivity (Wildman–Crippen MR) is 59.3 cm³/mol. The van der Waals surface area contributed by atoms with Crippen LogP contribution < -0.4 is 5.06 Å². The van der Waals surface area contributed by atoms with Crippen LogP contribution in [0.3, 0.4) is 0 Å². The number of hydrogen-bond acceptors (Lipinski definition) is 3. The van der Waals surface area contributed by atoms with E-state index in [1.54, 1.807) is 36.4 Å². The SMILES string of the molecule is O=C(c1ccccc1)N(O)c1ccncc1. The molecule has 2 aromatic rings. The van der Waals surface area contributed by atoms with E-state index in [9.17, 15) is 10.0 Å². The predicted octanol–water partition coefficient (Wildman–Crippen LogP) is 2.12. The Hall–Kier alpha value is -2.20. The molecule has 4 heteroatoms. The van der Waals surface area contributed by atoms with Crippen LogP contribution in [0.4, 0.5) is 5.69 Å². The molecule has 0 saturated heterocycles. The van der Waals surface area contributed by atoms with Gasteiger partial charge in [0.2, 0.25) is 0 Å². The Balaban J connectivity index is 2.24. The quantitative estimate of drug-likeness (QED) is 0.615. The molecule has 1 aromatic carbocycles. The van der Waals surface area contributed by atoms with Crippen molar-refractivity contribution in [3.05, 3.63) is 60.4 Å². The van der Waals surface area contributed by atoms with E-state index < -0.39 is 5.91 Å². The molecule has 0 atom stereocenters. The highest BCUT2D eigenvalue weighted by atomic mass is 16.5. The number of carbonyl (C=O) groups is 1. The van der Waals surface area contributed by atoms with E-state index in [0.717, 1.165) is 0 Å². The third-order valence-electron chi connectivity index (χ3n) is 2.12. The minimum Gasteiger partial charge on any atom is -0.281 e. The minimum absolute atomic E-state index is 0.392. The zero-order valence-electron chi connectivity index (χ0n) is 8.45. The summed E-state index contributed by atoms with van der Waals surface area (Å²) in [6.45, 7) is 0. The first-order chi connectivity index (χ1) is 7.79. The summed E-state index contributed by atoms with van der Waals surface area (Å²) in [5.41, 5.74) is 0.825. The van der Waals surface area contributed by atoms with Gasteiger partial charge in [-0.3, -0.25) is 15.0 Å². The van der Waals surface area contributed by atoms with Gasteiger partial charge in [-0.1, -0.05) is 18.2 Å². The molecule has 4 nitrogen and oxygen atoms in total. The fraction of sp³-hybridized carbons (Fsp3) is 0. The maximum atomic E-state index is 11.8. The van der Waals surface area contributed by atoms with Gasteiger partial charge in [-0.05, 0) is 24.3 Å². The highest BCUT2D eigenvalue weighted by Gasteiger charge is 2.14. The molecule has 2 rings (SSSR count). The highest BCUT2D eigenvalue weighted by molar-refractivity contribution is 6.04. The van der Waals surface area contributed by atoms with E-state index in [4.69, 9.17) is 0 Å². The summed E-state index contributed by atoms with van der Waals surface area (Å²) < 4.78 is 0. The van der Waals surface area contributed by atoms with E-state index in [0.29, 0.717) is 16.3 Å². The van der Waals surface area contributed by atoms with Gasteiger partial charge in [0.25, 0.3) is 5.91 Å². The van der Waals surface area contributed by atoms with Crippen LogP contribution in [-0.4, -0.2) is 16.1 Å². The van der Waals surface area contributed by atoms with Gasteiger partial charge in [0.1, 0.15) is 0 Å². The minimum atomic E-state index is -0.466. The molecule has 0 fully saturated rings. The number of benzene rings is 1. The zero-order valence-corrected chi connectivity index (χ0v) is 8.45. The molecule has 16 heavy (non-hydrogen) atoms. The third-order valence-corrected chi connectivity index (χ3v) is 2.12. The van der Waals surface area contributed by atoms with Crippen LogP contribution in [0.1, 0.15) is 10.4 Å². The molecule has 1 N–H and O–H groups in total. The second-order valence-electron chi connectivity index (χ2n) is 3.19. The molecule has 1 amide bonds.